The first-order valence-electron chi connectivity index (χ1n) is 11.0. The molecule has 0 aliphatic carbocycles. The van der Waals surface area contributed by atoms with E-state index < -0.39 is 53.8 Å². The van der Waals surface area contributed by atoms with E-state index >= 15 is 0 Å². The summed E-state index contributed by atoms with van der Waals surface area (Å²) in [6.45, 7) is 7.00. The maximum Gasteiger partial charge on any atom is 0.326 e. The van der Waals surface area contributed by atoms with Crippen molar-refractivity contribution in [2.45, 2.75) is 77.5 Å². The first-order chi connectivity index (χ1) is 15.3. The summed E-state index contributed by atoms with van der Waals surface area (Å²) in [7, 11) is 0. The Morgan fingerprint density at radius 2 is 1.42 bits per heavy atom. The van der Waals surface area contributed by atoms with Crippen molar-refractivity contribution in [3.8, 4) is 0 Å². The number of nitrogens with two attached hydrogens (primary N) is 1. The molecule has 0 heterocycles. The van der Waals surface area contributed by atoms with Crippen LogP contribution in [0.15, 0.2) is 0 Å². The van der Waals surface area contributed by atoms with Gasteiger partial charge in [-0.1, -0.05) is 34.1 Å². The molecule has 190 valence electrons. The van der Waals surface area contributed by atoms with E-state index in [2.05, 4.69) is 16.0 Å². The van der Waals surface area contributed by atoms with Crippen LogP contribution in [-0.2, 0) is 24.0 Å². The summed E-state index contributed by atoms with van der Waals surface area (Å²) in [6.07, 6.45) is 2.23. The fraction of sp³-hybridized carbons (Fsp3) is 0.762. The number of nitrogens with one attached hydrogen (secondary N) is 3. The van der Waals surface area contributed by atoms with Crippen molar-refractivity contribution in [1.29, 1.82) is 0 Å². The highest BCUT2D eigenvalue weighted by molar-refractivity contribution is 7.98. The number of carbonyl (C=O) groups is 5. The Morgan fingerprint density at radius 3 is 1.88 bits per heavy atom. The fourth-order valence-corrected chi connectivity index (χ4v) is 3.38. The number of carboxylic acids is 2. The molecule has 0 spiro atoms. The van der Waals surface area contributed by atoms with E-state index in [-0.39, 0.29) is 31.1 Å². The third-order valence-corrected chi connectivity index (χ3v) is 5.92. The third kappa shape index (κ3) is 11.4. The molecule has 3 amide bonds. The zero-order chi connectivity index (χ0) is 25.7. The van der Waals surface area contributed by atoms with Crippen molar-refractivity contribution < 1.29 is 34.2 Å². The van der Waals surface area contributed by atoms with Crippen LogP contribution < -0.4 is 21.7 Å². The summed E-state index contributed by atoms with van der Waals surface area (Å²) in [5, 5.41) is 25.8. The highest BCUT2D eigenvalue weighted by atomic mass is 32.2. The number of amides is 3. The Balaban J connectivity index is 5.40. The van der Waals surface area contributed by atoms with Crippen LogP contribution in [0.2, 0.25) is 0 Å². The van der Waals surface area contributed by atoms with Gasteiger partial charge in [-0.2, -0.15) is 11.8 Å². The van der Waals surface area contributed by atoms with Gasteiger partial charge in [-0.15, -0.1) is 0 Å². The van der Waals surface area contributed by atoms with Gasteiger partial charge in [0.15, 0.2) is 0 Å². The van der Waals surface area contributed by atoms with Crippen molar-refractivity contribution in [1.82, 2.24) is 16.0 Å². The van der Waals surface area contributed by atoms with Gasteiger partial charge in [-0.25, -0.2) is 4.79 Å². The SMILES string of the molecule is CCC(C)C(NC(=O)C(N)CCC(=O)O)C(=O)NC(C(=O)NC(CCSC)C(=O)O)C(C)C. The Hall–Kier alpha value is -2.34. The van der Waals surface area contributed by atoms with Crippen molar-refractivity contribution >= 4 is 41.4 Å². The maximum atomic E-state index is 13.0. The molecule has 11 nitrogen and oxygen atoms in total. The van der Waals surface area contributed by atoms with Crippen molar-refractivity contribution in [3.63, 3.8) is 0 Å². The number of hydrogen-bond donors (Lipinski definition) is 6. The number of aliphatic carboxylic acids is 2. The lowest BCUT2D eigenvalue weighted by atomic mass is 9.96. The van der Waals surface area contributed by atoms with Gasteiger partial charge in [-0.3, -0.25) is 19.2 Å². The molecular weight excluding hydrogens is 452 g/mol. The summed E-state index contributed by atoms with van der Waals surface area (Å²) in [5.41, 5.74) is 5.75. The molecule has 7 N–H and O–H groups in total. The number of carbonyl (C=O) groups excluding carboxylic acids is 3. The van der Waals surface area contributed by atoms with Crippen LogP contribution in [0.25, 0.3) is 0 Å². The predicted molar refractivity (Wildman–Crippen MR) is 126 cm³/mol. The molecule has 33 heavy (non-hydrogen) atoms. The van der Waals surface area contributed by atoms with E-state index in [1.54, 1.807) is 20.8 Å². The van der Waals surface area contributed by atoms with Crippen molar-refractivity contribution in [2.24, 2.45) is 17.6 Å². The molecule has 12 heteroatoms. The van der Waals surface area contributed by atoms with Gasteiger partial charge in [0.1, 0.15) is 18.1 Å². The number of rotatable bonds is 16. The van der Waals surface area contributed by atoms with Gasteiger partial charge in [0, 0.05) is 6.42 Å². The average molecular weight is 491 g/mol. The summed E-state index contributed by atoms with van der Waals surface area (Å²) >= 11 is 1.45. The molecule has 0 aromatic heterocycles. The normalized spacial score (nSPS) is 15.6. The van der Waals surface area contributed by atoms with Gasteiger partial charge in [0.2, 0.25) is 17.7 Å². The van der Waals surface area contributed by atoms with Crippen LogP contribution >= 0.6 is 11.8 Å². The molecule has 0 saturated heterocycles. The standard InChI is InChI=1S/C21H38N4O7S/c1-6-12(4)17(25-18(28)13(22)7-8-15(26)27)20(30)24-16(11(2)3)19(29)23-14(21(31)32)9-10-33-5/h11-14,16-17H,6-10,22H2,1-5H3,(H,23,29)(H,24,30)(H,25,28)(H,26,27)(H,31,32). The smallest absolute Gasteiger partial charge is 0.326 e. The van der Waals surface area contributed by atoms with Gasteiger partial charge < -0.3 is 31.9 Å². The molecule has 0 fully saturated rings. The average Bonchev–Trinajstić information content (AvgIpc) is 2.75. The zero-order valence-electron chi connectivity index (χ0n) is 19.9. The molecular formula is C21H38N4O7S. The molecule has 5 unspecified atom stereocenters. The second kappa shape index (κ2) is 15.5. The Bertz CT molecular complexity index is 690. The first kappa shape index (κ1) is 30.7. The summed E-state index contributed by atoms with van der Waals surface area (Å²) in [5.74, 6) is -4.25. The molecule has 0 bridgehead atoms. The molecule has 0 aliphatic heterocycles. The molecule has 0 saturated carbocycles. The Kier molecular flexibility index (Phi) is 14.4. The van der Waals surface area contributed by atoms with Gasteiger partial charge in [0.25, 0.3) is 0 Å². The van der Waals surface area contributed by atoms with Crippen molar-refractivity contribution in [3.05, 3.63) is 0 Å². The number of thioether (sulfide) groups is 1. The van der Waals surface area contributed by atoms with E-state index in [4.69, 9.17) is 10.8 Å². The molecule has 0 rings (SSSR count). The van der Waals surface area contributed by atoms with Gasteiger partial charge in [0.05, 0.1) is 6.04 Å². The van der Waals surface area contributed by atoms with Gasteiger partial charge in [-0.05, 0) is 36.7 Å². The van der Waals surface area contributed by atoms with Crippen LogP contribution in [0, 0.1) is 11.8 Å². The van der Waals surface area contributed by atoms with Crippen LogP contribution in [-0.4, -0.2) is 76.0 Å². The summed E-state index contributed by atoms with van der Waals surface area (Å²) in [4.78, 5) is 60.4. The van der Waals surface area contributed by atoms with Crippen molar-refractivity contribution in [2.75, 3.05) is 12.0 Å². The van der Waals surface area contributed by atoms with Crippen LogP contribution in [0.5, 0.6) is 0 Å². The molecule has 0 radical (unpaired) electrons. The second-order valence-electron chi connectivity index (χ2n) is 8.32. The largest absolute Gasteiger partial charge is 0.481 e. The van der Waals surface area contributed by atoms with E-state index in [1.165, 1.54) is 11.8 Å². The second-order valence-corrected chi connectivity index (χ2v) is 9.31. The van der Waals surface area contributed by atoms with Crippen LogP contribution in [0.4, 0.5) is 0 Å². The zero-order valence-corrected chi connectivity index (χ0v) is 20.7. The molecule has 0 aromatic rings. The predicted octanol–water partition coefficient (Wildman–Crippen LogP) is 0.173. The summed E-state index contributed by atoms with van der Waals surface area (Å²) in [6, 6.07) is -4.20. The lowest BCUT2D eigenvalue weighted by Gasteiger charge is -2.29. The Morgan fingerprint density at radius 1 is 0.879 bits per heavy atom. The Labute approximate surface area is 199 Å². The van der Waals surface area contributed by atoms with E-state index in [0.29, 0.717) is 12.2 Å². The number of hydrogen-bond acceptors (Lipinski definition) is 7. The maximum absolute atomic E-state index is 13.0. The highest BCUT2D eigenvalue weighted by Gasteiger charge is 2.33. The van der Waals surface area contributed by atoms with Crippen LogP contribution in [0.1, 0.15) is 53.4 Å². The minimum atomic E-state index is -1.16. The molecule has 0 aromatic carbocycles. The molecule has 0 aliphatic rings. The minimum absolute atomic E-state index is 0.0837. The third-order valence-electron chi connectivity index (χ3n) is 5.27. The fourth-order valence-electron chi connectivity index (χ4n) is 2.90. The minimum Gasteiger partial charge on any atom is -0.481 e. The lowest BCUT2D eigenvalue weighted by Crippen LogP contribution is -2.59. The van der Waals surface area contributed by atoms with E-state index in [9.17, 15) is 29.1 Å². The highest BCUT2D eigenvalue weighted by Crippen LogP contribution is 2.12. The topological polar surface area (TPSA) is 188 Å². The molecule has 5 atom stereocenters. The monoisotopic (exact) mass is 490 g/mol. The first-order valence-corrected chi connectivity index (χ1v) is 12.3. The summed E-state index contributed by atoms with van der Waals surface area (Å²) < 4.78 is 0. The lowest BCUT2D eigenvalue weighted by molar-refractivity contribution is -0.142. The van der Waals surface area contributed by atoms with E-state index in [0.717, 1.165) is 0 Å². The van der Waals surface area contributed by atoms with Gasteiger partial charge >= 0.3 is 11.9 Å². The number of carboxylic acid groups (broad SMARTS) is 2. The van der Waals surface area contributed by atoms with E-state index in [1.807, 2.05) is 13.2 Å². The van der Waals surface area contributed by atoms with Crippen LogP contribution in [0.3, 0.4) is 0 Å². The quantitative estimate of drug-likeness (QED) is 0.175.